The molecule has 0 unspecified atom stereocenters. The summed E-state index contributed by atoms with van der Waals surface area (Å²) in [6.07, 6.45) is -2.47. The molecule has 1 aromatic heterocycles. The maximum absolute atomic E-state index is 12.5. The van der Waals surface area contributed by atoms with Crippen molar-refractivity contribution in [3.63, 3.8) is 0 Å². The molecule has 0 radical (unpaired) electrons. The van der Waals surface area contributed by atoms with Crippen molar-refractivity contribution in [1.82, 2.24) is 4.98 Å². The molecular weight excluding hydrogens is 250 g/mol. The molecule has 0 saturated carbocycles. The van der Waals surface area contributed by atoms with Crippen molar-refractivity contribution >= 4 is 16.8 Å². The Labute approximate surface area is 107 Å². The highest BCUT2D eigenvalue weighted by molar-refractivity contribution is 5.79. The Morgan fingerprint density at radius 1 is 1.05 bits per heavy atom. The van der Waals surface area contributed by atoms with Crippen LogP contribution in [0.3, 0.4) is 0 Å². The summed E-state index contributed by atoms with van der Waals surface area (Å²) >= 11 is 0. The quantitative estimate of drug-likeness (QED) is 0.708. The van der Waals surface area contributed by atoms with Gasteiger partial charge in [0, 0.05) is 16.8 Å². The molecule has 0 amide bonds. The Bertz CT molecular complexity index is 720. The van der Waals surface area contributed by atoms with Crippen LogP contribution in [0.1, 0.15) is 12.0 Å². The maximum Gasteiger partial charge on any atom is 0.263 e. The molecule has 3 aromatic rings. The van der Waals surface area contributed by atoms with Crippen molar-refractivity contribution in [2.45, 2.75) is 6.43 Å². The number of rotatable bonds is 2. The van der Waals surface area contributed by atoms with E-state index in [1.807, 2.05) is 0 Å². The smallest absolute Gasteiger partial charge is 0.263 e. The standard InChI is InChI=1S/C14H10F2N2O/c15-13(16)8-1-3-9(4-2-8)14-18-11-7-10(17)5-6-12(11)19-14/h1-7,13H,17H2. The summed E-state index contributed by atoms with van der Waals surface area (Å²) in [5.74, 6) is 0.390. The number of nitrogens with zero attached hydrogens (tertiary/aromatic N) is 1. The predicted octanol–water partition coefficient (Wildman–Crippen LogP) is 4.01. The number of nitrogens with two attached hydrogens (primary N) is 1. The van der Waals surface area contributed by atoms with Gasteiger partial charge in [-0.1, -0.05) is 12.1 Å². The molecule has 96 valence electrons. The lowest BCUT2D eigenvalue weighted by Crippen LogP contribution is -1.84. The second-order valence-corrected chi connectivity index (χ2v) is 4.17. The van der Waals surface area contributed by atoms with Gasteiger partial charge in [0.05, 0.1) is 0 Å². The van der Waals surface area contributed by atoms with Gasteiger partial charge in [-0.3, -0.25) is 0 Å². The van der Waals surface area contributed by atoms with Crippen LogP contribution in [-0.2, 0) is 0 Å². The minimum atomic E-state index is -2.47. The third-order valence-electron chi connectivity index (χ3n) is 2.82. The Hall–Kier alpha value is -2.43. The van der Waals surface area contributed by atoms with Crippen molar-refractivity contribution in [3.8, 4) is 11.5 Å². The molecule has 0 atom stereocenters. The third-order valence-corrected chi connectivity index (χ3v) is 2.82. The van der Waals surface area contributed by atoms with Gasteiger partial charge >= 0.3 is 0 Å². The Morgan fingerprint density at radius 3 is 2.47 bits per heavy atom. The first-order chi connectivity index (χ1) is 9.13. The van der Waals surface area contributed by atoms with Gasteiger partial charge in [0.1, 0.15) is 5.52 Å². The van der Waals surface area contributed by atoms with E-state index in [2.05, 4.69) is 4.98 Å². The van der Waals surface area contributed by atoms with E-state index in [-0.39, 0.29) is 5.56 Å². The molecule has 3 rings (SSSR count). The first kappa shape index (κ1) is 11.6. The molecule has 2 aromatic carbocycles. The number of aromatic nitrogens is 1. The van der Waals surface area contributed by atoms with E-state index in [1.165, 1.54) is 12.1 Å². The Balaban J connectivity index is 2.03. The van der Waals surface area contributed by atoms with Crippen molar-refractivity contribution in [2.75, 3.05) is 5.73 Å². The minimum Gasteiger partial charge on any atom is -0.436 e. The van der Waals surface area contributed by atoms with Gasteiger partial charge in [-0.2, -0.15) is 0 Å². The SMILES string of the molecule is Nc1ccc2oc(-c3ccc(C(F)F)cc3)nc2c1. The van der Waals surface area contributed by atoms with Gasteiger partial charge in [-0.05, 0) is 30.3 Å². The Kier molecular flexibility index (Phi) is 2.67. The fourth-order valence-electron chi connectivity index (χ4n) is 1.84. The van der Waals surface area contributed by atoms with E-state index in [4.69, 9.17) is 10.2 Å². The highest BCUT2D eigenvalue weighted by Gasteiger charge is 2.10. The lowest BCUT2D eigenvalue weighted by molar-refractivity contribution is 0.151. The zero-order valence-corrected chi connectivity index (χ0v) is 9.81. The van der Waals surface area contributed by atoms with E-state index < -0.39 is 6.43 Å². The summed E-state index contributed by atoms with van der Waals surface area (Å²) in [6.45, 7) is 0. The second kappa shape index (κ2) is 4.35. The molecule has 0 aliphatic rings. The Morgan fingerprint density at radius 2 is 1.79 bits per heavy atom. The lowest BCUT2D eigenvalue weighted by atomic mass is 10.1. The normalized spacial score (nSPS) is 11.3. The summed E-state index contributed by atoms with van der Waals surface area (Å²) in [5, 5.41) is 0. The first-order valence-corrected chi connectivity index (χ1v) is 5.68. The summed E-state index contributed by atoms with van der Waals surface area (Å²) in [7, 11) is 0. The number of halogens is 2. The number of hydrogen-bond acceptors (Lipinski definition) is 3. The van der Waals surface area contributed by atoms with Crippen LogP contribution in [0.15, 0.2) is 46.9 Å². The van der Waals surface area contributed by atoms with Crippen molar-refractivity contribution < 1.29 is 13.2 Å². The van der Waals surface area contributed by atoms with Crippen LogP contribution in [0.4, 0.5) is 14.5 Å². The van der Waals surface area contributed by atoms with Crippen LogP contribution in [0.5, 0.6) is 0 Å². The summed E-state index contributed by atoms with van der Waals surface area (Å²) < 4.78 is 30.5. The number of hydrogen-bond donors (Lipinski definition) is 1. The van der Waals surface area contributed by atoms with Crippen LogP contribution in [0.25, 0.3) is 22.6 Å². The monoisotopic (exact) mass is 260 g/mol. The largest absolute Gasteiger partial charge is 0.436 e. The van der Waals surface area contributed by atoms with Gasteiger partial charge in [0.25, 0.3) is 6.43 Å². The molecule has 0 fully saturated rings. The maximum atomic E-state index is 12.5. The number of fused-ring (bicyclic) bond motifs is 1. The third kappa shape index (κ3) is 2.14. The summed E-state index contributed by atoms with van der Waals surface area (Å²) in [4.78, 5) is 4.28. The zero-order chi connectivity index (χ0) is 13.4. The fourth-order valence-corrected chi connectivity index (χ4v) is 1.84. The summed E-state index contributed by atoms with van der Waals surface area (Å²) in [5.41, 5.74) is 8.14. The average Bonchev–Trinajstić information content (AvgIpc) is 2.81. The molecule has 0 saturated heterocycles. The van der Waals surface area contributed by atoms with E-state index in [0.717, 1.165) is 0 Å². The number of alkyl halides is 2. The lowest BCUT2D eigenvalue weighted by Gasteiger charge is -1.99. The first-order valence-electron chi connectivity index (χ1n) is 5.68. The molecule has 1 heterocycles. The summed E-state index contributed by atoms with van der Waals surface area (Å²) in [6, 6.07) is 11.0. The fraction of sp³-hybridized carbons (Fsp3) is 0.0714. The van der Waals surface area contributed by atoms with Crippen LogP contribution >= 0.6 is 0 Å². The molecule has 5 heteroatoms. The molecule has 0 aliphatic heterocycles. The van der Waals surface area contributed by atoms with Gasteiger partial charge in [-0.15, -0.1) is 0 Å². The van der Waals surface area contributed by atoms with E-state index in [9.17, 15) is 8.78 Å². The molecular formula is C14H10F2N2O. The van der Waals surface area contributed by atoms with Crippen molar-refractivity contribution in [3.05, 3.63) is 48.0 Å². The minimum absolute atomic E-state index is 0.0240. The highest BCUT2D eigenvalue weighted by Crippen LogP contribution is 2.27. The van der Waals surface area contributed by atoms with Gasteiger partial charge < -0.3 is 10.2 Å². The van der Waals surface area contributed by atoms with Gasteiger partial charge in [0.15, 0.2) is 5.58 Å². The molecule has 0 bridgehead atoms. The number of benzene rings is 2. The van der Waals surface area contributed by atoms with Crippen LogP contribution in [0, 0.1) is 0 Å². The number of anilines is 1. The molecule has 3 nitrogen and oxygen atoms in total. The molecule has 2 N–H and O–H groups in total. The zero-order valence-electron chi connectivity index (χ0n) is 9.81. The van der Waals surface area contributed by atoms with E-state index in [1.54, 1.807) is 30.3 Å². The van der Waals surface area contributed by atoms with Crippen LogP contribution in [0.2, 0.25) is 0 Å². The van der Waals surface area contributed by atoms with Crippen LogP contribution in [-0.4, -0.2) is 4.98 Å². The van der Waals surface area contributed by atoms with E-state index in [0.29, 0.717) is 28.2 Å². The molecule has 0 spiro atoms. The topological polar surface area (TPSA) is 52.0 Å². The van der Waals surface area contributed by atoms with Gasteiger partial charge in [-0.25, -0.2) is 13.8 Å². The van der Waals surface area contributed by atoms with Crippen LogP contribution < -0.4 is 5.73 Å². The molecule has 19 heavy (non-hydrogen) atoms. The van der Waals surface area contributed by atoms with Crippen molar-refractivity contribution in [2.24, 2.45) is 0 Å². The predicted molar refractivity (Wildman–Crippen MR) is 68.8 cm³/mol. The molecule has 0 aliphatic carbocycles. The highest BCUT2D eigenvalue weighted by atomic mass is 19.3. The second-order valence-electron chi connectivity index (χ2n) is 4.17. The van der Waals surface area contributed by atoms with Gasteiger partial charge in [0.2, 0.25) is 5.89 Å². The number of oxazole rings is 1. The number of nitrogen functional groups attached to an aromatic ring is 1. The average molecular weight is 260 g/mol. The van der Waals surface area contributed by atoms with E-state index >= 15 is 0 Å². The van der Waals surface area contributed by atoms with Crippen molar-refractivity contribution in [1.29, 1.82) is 0 Å².